The summed E-state index contributed by atoms with van der Waals surface area (Å²) in [4.78, 5) is 36.9. The fraction of sp³-hybridized carbons (Fsp3) is 0.708. The van der Waals surface area contributed by atoms with Crippen LogP contribution < -0.4 is 0 Å². The second-order valence-electron chi connectivity index (χ2n) is 10.1. The monoisotopic (exact) mass is 498 g/mol. The largest absolute Gasteiger partial charge is 0.459 e. The Balaban J connectivity index is 1.96. The van der Waals surface area contributed by atoms with Gasteiger partial charge in [0.2, 0.25) is 0 Å². The Hall–Kier alpha value is -1.94. The van der Waals surface area contributed by atoms with Crippen LogP contribution in [0.4, 0.5) is 0 Å². The van der Waals surface area contributed by atoms with E-state index < -0.39 is 88.7 Å². The quantitative estimate of drug-likeness (QED) is 0.250. The summed E-state index contributed by atoms with van der Waals surface area (Å²) in [6.45, 7) is 11.4. The Labute approximate surface area is 203 Å². The van der Waals surface area contributed by atoms with Gasteiger partial charge in [0, 0.05) is 31.1 Å². The molecule has 4 aliphatic rings. The molecule has 2 N–H and O–H groups in total. The average molecular weight is 499 g/mol. The number of halogens is 1. The lowest BCUT2D eigenvalue weighted by molar-refractivity contribution is -0.219. The highest BCUT2D eigenvalue weighted by molar-refractivity contribution is 6.23. The molecular formula is C24H31ClO9. The normalized spacial score (nSPS) is 49.8. The van der Waals surface area contributed by atoms with Crippen LogP contribution in [0.15, 0.2) is 24.3 Å². The Morgan fingerprint density at radius 3 is 2.38 bits per heavy atom. The maximum absolute atomic E-state index is 12.7. The van der Waals surface area contributed by atoms with Gasteiger partial charge in [0.15, 0.2) is 11.7 Å². The highest BCUT2D eigenvalue weighted by atomic mass is 35.5. The third-order valence-corrected chi connectivity index (χ3v) is 8.65. The van der Waals surface area contributed by atoms with Crippen molar-refractivity contribution in [1.29, 1.82) is 0 Å². The highest BCUT2D eigenvalue weighted by Gasteiger charge is 2.74. The van der Waals surface area contributed by atoms with Crippen molar-refractivity contribution in [3.63, 3.8) is 0 Å². The number of carbonyl (C=O) groups is 3. The summed E-state index contributed by atoms with van der Waals surface area (Å²) in [7, 11) is 0. The number of epoxide rings is 1. The molecule has 4 rings (SSSR count). The number of rotatable bonds is 2. The van der Waals surface area contributed by atoms with Crippen molar-refractivity contribution in [2.75, 3.05) is 0 Å². The molecule has 3 fully saturated rings. The Bertz CT molecular complexity index is 949. The molecule has 2 saturated heterocycles. The summed E-state index contributed by atoms with van der Waals surface area (Å²) in [5, 5.41) is 22.5. The van der Waals surface area contributed by atoms with Gasteiger partial charge in [0.25, 0.3) is 0 Å². The van der Waals surface area contributed by atoms with Gasteiger partial charge in [0.05, 0.1) is 23.5 Å². The summed E-state index contributed by atoms with van der Waals surface area (Å²) in [6, 6.07) is 0. The molecule has 2 aliphatic carbocycles. The molecule has 1 saturated carbocycles. The fourth-order valence-corrected chi connectivity index (χ4v) is 6.60. The molecule has 0 aromatic rings. The fourth-order valence-electron chi connectivity index (χ4n) is 6.27. The second kappa shape index (κ2) is 8.33. The van der Waals surface area contributed by atoms with Crippen LogP contribution in [0, 0.1) is 23.2 Å². The first kappa shape index (κ1) is 25.2. The summed E-state index contributed by atoms with van der Waals surface area (Å²) in [5.41, 5.74) is -2.85. The van der Waals surface area contributed by atoms with Crippen molar-refractivity contribution in [3.05, 3.63) is 24.3 Å². The maximum atomic E-state index is 12.7. The van der Waals surface area contributed by atoms with E-state index in [0.717, 1.165) is 0 Å². The van der Waals surface area contributed by atoms with E-state index in [1.54, 1.807) is 13.8 Å². The van der Waals surface area contributed by atoms with Crippen molar-refractivity contribution in [1.82, 2.24) is 0 Å². The summed E-state index contributed by atoms with van der Waals surface area (Å²) in [6.07, 6.45) is -2.45. The van der Waals surface area contributed by atoms with Gasteiger partial charge in [-0.3, -0.25) is 14.4 Å². The van der Waals surface area contributed by atoms with Gasteiger partial charge >= 0.3 is 17.9 Å². The zero-order valence-electron chi connectivity index (χ0n) is 19.8. The van der Waals surface area contributed by atoms with E-state index in [4.69, 9.17) is 30.5 Å². The van der Waals surface area contributed by atoms with Crippen molar-refractivity contribution >= 4 is 29.5 Å². The third kappa shape index (κ3) is 3.51. The number of alkyl halides is 1. The lowest BCUT2D eigenvalue weighted by Crippen LogP contribution is -2.68. The number of carbonyl (C=O) groups excluding carboxylic acids is 3. The van der Waals surface area contributed by atoms with Crippen molar-refractivity contribution in [2.24, 2.45) is 23.2 Å². The van der Waals surface area contributed by atoms with E-state index in [2.05, 4.69) is 6.58 Å². The van der Waals surface area contributed by atoms with Crippen LogP contribution in [0.25, 0.3) is 0 Å². The summed E-state index contributed by atoms with van der Waals surface area (Å²) < 4.78 is 22.8. The van der Waals surface area contributed by atoms with Gasteiger partial charge in [-0.15, -0.1) is 11.6 Å². The molecule has 9 nitrogen and oxygen atoms in total. The Morgan fingerprint density at radius 1 is 1.18 bits per heavy atom. The van der Waals surface area contributed by atoms with Crippen LogP contribution in [0.2, 0.25) is 0 Å². The van der Waals surface area contributed by atoms with E-state index in [1.165, 1.54) is 32.9 Å². The number of allylic oxidation sites excluding steroid dienone is 1. The Kier molecular flexibility index (Phi) is 6.16. The summed E-state index contributed by atoms with van der Waals surface area (Å²) in [5.74, 6) is -4.39. The van der Waals surface area contributed by atoms with Gasteiger partial charge in [-0.1, -0.05) is 32.6 Å². The summed E-state index contributed by atoms with van der Waals surface area (Å²) >= 11 is 6.62. The molecule has 0 spiro atoms. The average Bonchev–Trinajstić information content (AvgIpc) is 3.52. The zero-order valence-corrected chi connectivity index (χ0v) is 20.5. The van der Waals surface area contributed by atoms with Crippen LogP contribution in [-0.4, -0.2) is 75.7 Å². The second-order valence-corrected chi connectivity index (χ2v) is 10.6. The standard InChI is InChI=1S/C24H31ClO9/c1-9-7-8-14(28)23(6)15(10(2)17(31-12(4)26)18-21(23)33-18)19(32-13(5)27)24(30)11(3)22(29)34-20(24)16(9)25/h7-8,10-11,14-21,28,30H,1H2,2-6H3. The lowest BCUT2D eigenvalue weighted by Gasteiger charge is -2.54. The SMILES string of the molecule is C=C1C=CC(O)C2(C)C3OC3C(OC(C)=O)C(C)C2C(OC(C)=O)C2(O)C(C)C(=O)OC2C1Cl. The van der Waals surface area contributed by atoms with Crippen LogP contribution in [-0.2, 0) is 33.3 Å². The molecule has 0 bridgehead atoms. The number of hydrogen-bond acceptors (Lipinski definition) is 9. The molecule has 2 heterocycles. The van der Waals surface area contributed by atoms with Gasteiger partial charge in [-0.25, -0.2) is 0 Å². The van der Waals surface area contributed by atoms with E-state index in [9.17, 15) is 24.6 Å². The number of fused-ring (bicyclic) bond motifs is 4. The zero-order chi connectivity index (χ0) is 25.3. The molecule has 12 unspecified atom stereocenters. The highest BCUT2D eigenvalue weighted by Crippen LogP contribution is 2.61. The Morgan fingerprint density at radius 2 is 1.79 bits per heavy atom. The molecule has 0 aromatic heterocycles. The molecule has 10 heteroatoms. The minimum Gasteiger partial charge on any atom is -0.459 e. The molecule has 12 atom stereocenters. The minimum absolute atomic E-state index is 0.310. The van der Waals surface area contributed by atoms with E-state index in [1.807, 2.05) is 0 Å². The number of ether oxygens (including phenoxy) is 4. The van der Waals surface area contributed by atoms with Crippen molar-refractivity contribution < 1.29 is 43.5 Å². The van der Waals surface area contributed by atoms with Crippen molar-refractivity contribution in [3.8, 4) is 0 Å². The minimum atomic E-state index is -2.06. The van der Waals surface area contributed by atoms with E-state index in [0.29, 0.717) is 5.57 Å². The van der Waals surface area contributed by atoms with Crippen LogP contribution in [0.1, 0.15) is 34.6 Å². The lowest BCUT2D eigenvalue weighted by atomic mass is 9.54. The first-order chi connectivity index (χ1) is 15.8. The molecule has 0 radical (unpaired) electrons. The maximum Gasteiger partial charge on any atom is 0.312 e. The molecule has 0 amide bonds. The number of aliphatic hydroxyl groups excluding tert-OH is 1. The third-order valence-electron chi connectivity index (χ3n) is 8.14. The molecular weight excluding hydrogens is 468 g/mol. The number of esters is 3. The molecule has 34 heavy (non-hydrogen) atoms. The van der Waals surface area contributed by atoms with Crippen LogP contribution >= 0.6 is 11.6 Å². The predicted octanol–water partition coefficient (Wildman–Crippen LogP) is 1.28. The molecule has 188 valence electrons. The topological polar surface area (TPSA) is 132 Å². The van der Waals surface area contributed by atoms with Crippen molar-refractivity contribution in [2.45, 2.75) is 82.2 Å². The van der Waals surface area contributed by atoms with Gasteiger partial charge in [-0.05, 0) is 12.5 Å². The first-order valence-corrected chi connectivity index (χ1v) is 11.8. The first-order valence-electron chi connectivity index (χ1n) is 11.4. The van der Waals surface area contributed by atoms with Crippen LogP contribution in [0.5, 0.6) is 0 Å². The smallest absolute Gasteiger partial charge is 0.312 e. The van der Waals surface area contributed by atoms with Gasteiger partial charge in [-0.2, -0.15) is 0 Å². The van der Waals surface area contributed by atoms with Gasteiger partial charge in [0.1, 0.15) is 18.3 Å². The van der Waals surface area contributed by atoms with E-state index in [-0.39, 0.29) is 0 Å². The van der Waals surface area contributed by atoms with Crippen LogP contribution in [0.3, 0.4) is 0 Å². The molecule has 0 aromatic carbocycles. The van der Waals surface area contributed by atoms with E-state index >= 15 is 0 Å². The number of hydrogen-bond donors (Lipinski definition) is 2. The van der Waals surface area contributed by atoms with Gasteiger partial charge < -0.3 is 29.2 Å². The number of aliphatic hydroxyl groups is 2. The predicted molar refractivity (Wildman–Crippen MR) is 118 cm³/mol. The molecule has 2 aliphatic heterocycles.